The van der Waals surface area contributed by atoms with Gasteiger partial charge in [0.15, 0.2) is 34.0 Å². The van der Waals surface area contributed by atoms with E-state index >= 15 is 0 Å². The van der Waals surface area contributed by atoms with E-state index in [4.69, 9.17) is 41.7 Å². The number of imide groups is 3. The van der Waals surface area contributed by atoms with Crippen LogP contribution in [0.4, 0.5) is 14.4 Å². The van der Waals surface area contributed by atoms with Gasteiger partial charge in [-0.2, -0.15) is 0 Å². The molecule has 552 valence electrons. The molecule has 12 unspecified atom stereocenters. The molecular weight excluding hydrogens is 1380 g/mol. The zero-order valence-electron chi connectivity index (χ0n) is 55.1. The van der Waals surface area contributed by atoms with E-state index in [1.807, 2.05) is 24.3 Å². The molecule has 6 N–H and O–H groups in total. The molecule has 9 aromatic rings. The van der Waals surface area contributed by atoms with Crippen molar-refractivity contribution in [3.8, 4) is 34.5 Å². The van der Waals surface area contributed by atoms with E-state index in [1.54, 1.807) is 60.7 Å². The maximum absolute atomic E-state index is 13.0. The Hall–Kier alpha value is -13.1. The molecule has 105 heavy (non-hydrogen) atoms. The first-order chi connectivity index (χ1) is 48.7. The summed E-state index contributed by atoms with van der Waals surface area (Å²) < 4.78 is 53.4. The number of carbonyl (C=O) groups is 8. The number of aromatic amines is 3. The van der Waals surface area contributed by atoms with Gasteiger partial charge in [0.2, 0.25) is 35.0 Å². The van der Waals surface area contributed by atoms with E-state index in [2.05, 4.69) is 30.9 Å². The van der Waals surface area contributed by atoms with E-state index in [0.29, 0.717) is 45.3 Å². The number of methoxy groups -OCH3 is 3. The Morgan fingerprint density at radius 3 is 1.19 bits per heavy atom. The van der Waals surface area contributed by atoms with Crippen molar-refractivity contribution >= 4 is 80.7 Å². The van der Waals surface area contributed by atoms with Crippen molar-refractivity contribution in [3.63, 3.8) is 0 Å². The molecule has 0 bridgehead atoms. The first-order valence-electron chi connectivity index (χ1n) is 31.1. The Bertz CT molecular complexity index is 5370. The molecule has 36 heteroatoms. The number of esters is 2. The topological polar surface area (TPSA) is 459 Å². The van der Waals surface area contributed by atoms with Crippen LogP contribution in [0.2, 0.25) is 0 Å². The maximum atomic E-state index is 13.0. The number of nitrogens with one attached hydrogen (secondary N) is 6. The molecule has 36 nitrogen and oxygen atoms in total. The number of nitrogens with zero attached hydrogens (tertiary/aromatic N) is 6. The fraction of sp³-hybridized carbons (Fsp3) is 0.348. The third kappa shape index (κ3) is 12.4. The zero-order chi connectivity index (χ0) is 72.9. The van der Waals surface area contributed by atoms with Gasteiger partial charge in [0.05, 0.1) is 81.6 Å². The summed E-state index contributed by atoms with van der Waals surface area (Å²) in [5.74, 6) is -4.29. The van der Waals surface area contributed by atoms with Gasteiger partial charge in [-0.3, -0.25) is 69.3 Å². The number of benzene rings is 3. The van der Waals surface area contributed by atoms with Gasteiger partial charge in [0.1, 0.15) is 6.10 Å². The molecule has 3 saturated heterocycles. The van der Waals surface area contributed by atoms with Crippen LogP contribution in [0.1, 0.15) is 56.7 Å². The lowest BCUT2D eigenvalue weighted by Gasteiger charge is -2.56. The first kappa shape index (κ1) is 74.6. The van der Waals surface area contributed by atoms with Crippen LogP contribution in [0.5, 0.6) is 34.5 Å². The normalized spacial score (nSPS) is 23.7. The summed E-state index contributed by atoms with van der Waals surface area (Å²) in [5, 5.41) is 9.60. The minimum absolute atomic E-state index is 0. The molecule has 3 aromatic carbocycles. The number of rotatable bonds is 3. The molecule has 6 aliphatic heterocycles. The Kier molecular flexibility index (Phi) is 20.2. The molecule has 6 fully saturated rings. The number of hydrogen-bond donors (Lipinski definition) is 6. The Labute approximate surface area is 591 Å². The third-order valence-electron chi connectivity index (χ3n) is 19.5. The molecule has 0 radical (unpaired) electrons. The average molecular weight is 1450 g/mol. The molecule has 3 aliphatic carbocycles. The van der Waals surface area contributed by atoms with Gasteiger partial charge in [-0.25, -0.2) is 33.6 Å². The molecule has 9 aliphatic rings. The summed E-state index contributed by atoms with van der Waals surface area (Å²) in [5.41, 5.74) is 0.909. The van der Waals surface area contributed by atoms with E-state index in [0.717, 1.165) is 27.3 Å². The predicted octanol–water partition coefficient (Wildman–Crippen LogP) is 2.44. The molecule has 9 amide bonds. The van der Waals surface area contributed by atoms with E-state index < -0.39 is 101 Å². The summed E-state index contributed by atoms with van der Waals surface area (Å²) in [4.78, 5) is 184. The highest BCUT2D eigenvalue weighted by Gasteiger charge is 2.69. The second-order valence-corrected chi connectivity index (χ2v) is 24.8. The van der Waals surface area contributed by atoms with Crippen LogP contribution in [0.3, 0.4) is 0 Å². The van der Waals surface area contributed by atoms with Gasteiger partial charge in [0, 0.05) is 136 Å². The second-order valence-electron chi connectivity index (χ2n) is 24.8. The van der Waals surface area contributed by atoms with Gasteiger partial charge in [-0.05, 0) is 36.4 Å². The van der Waals surface area contributed by atoms with Crippen LogP contribution in [-0.4, -0.2) is 158 Å². The lowest BCUT2D eigenvalue weighted by Crippen LogP contribution is -2.72. The SMILES string of the molecule is C.C.C.COc1c2c(cc3c1OC(=O)C1C3C3C(=O)NC(=O)N(C)C31)C1C(O2)C2C1C(=O)NC(=O)N2C.COc1c2c(cc3ccoc13)C1C3C(=O)NC(=O)N(C)C3C1C(=O)O2.COc1c2occc2cc2ccc(=O)oc12.Cn1ccc(=O)[nH]c1=O.Cn1ccc(=O)[nH]c1=O.Cn1ccc(=O)[nH]c1=O. The molecule has 0 spiro atoms. The number of urea groups is 3. The summed E-state index contributed by atoms with van der Waals surface area (Å²) in [6, 6.07) is 13.2. The summed E-state index contributed by atoms with van der Waals surface area (Å²) in [6.45, 7) is 0. The molecule has 3 saturated carbocycles. The largest absolute Gasteiger partial charge is 0.490 e. The predicted molar refractivity (Wildman–Crippen MR) is 368 cm³/mol. The van der Waals surface area contributed by atoms with Crippen molar-refractivity contribution in [3.05, 3.63) is 181 Å². The van der Waals surface area contributed by atoms with Gasteiger partial charge in [-0.15, -0.1) is 0 Å². The number of H-pyrrole nitrogens is 3. The van der Waals surface area contributed by atoms with Crippen molar-refractivity contribution in [2.75, 3.05) is 42.5 Å². The van der Waals surface area contributed by atoms with Crippen molar-refractivity contribution < 1.29 is 80.0 Å². The first-order valence-corrected chi connectivity index (χ1v) is 31.1. The number of furan rings is 2. The molecule has 6 aromatic heterocycles. The van der Waals surface area contributed by atoms with Crippen molar-refractivity contribution in [1.29, 1.82) is 0 Å². The van der Waals surface area contributed by atoms with Crippen LogP contribution in [0.25, 0.3) is 32.9 Å². The number of ether oxygens (including phenoxy) is 6. The minimum Gasteiger partial charge on any atom is -0.490 e. The van der Waals surface area contributed by atoms with Crippen molar-refractivity contribution in [2.24, 2.45) is 50.7 Å². The monoisotopic (exact) mass is 1450 g/mol. The average Bonchev–Trinajstić information content (AvgIpc) is 1.66. The fourth-order valence-corrected chi connectivity index (χ4v) is 14.5. The second kappa shape index (κ2) is 28.4. The molecule has 18 rings (SSSR count). The Balaban J connectivity index is 0.000000146. The number of hydrogen-bond acceptors (Lipinski definition) is 24. The van der Waals surface area contributed by atoms with Crippen LogP contribution in [0, 0.1) is 29.6 Å². The van der Waals surface area contributed by atoms with Crippen LogP contribution in [0.15, 0.2) is 139 Å². The Morgan fingerprint density at radius 1 is 0.381 bits per heavy atom. The van der Waals surface area contributed by atoms with E-state index in [1.165, 1.54) is 98.8 Å². The standard InChI is InChI=1S/C22H20N4O8.C17H14N2O6.C12H8O4.3C5H6N2O2.3CH4/c1-25-12-9(18(27)23-21(25)30)7-5-4-6-8-10-13(26(2)22(31)24-19(10)28)16(8)33-14(6)17(32-3)15(5)34-20(29)11(7)12;1-19-11-9(15(20)18-17(19)22)8-7-5-6-3-4-24-12(6)14(23-2)13(7)25-16(21)10(8)11;1-14-12-10-8(4-5-15-10)6-7-2-3-9(13)16-11(7)12;3*1-7-3-2-4(8)6-5(7)9;;;/h4,7-13,16H,1-3H3,(H,23,27,30)(H,24,28,31);3-5,8-11H,1-2H3,(H,18,20,22);2-6H,1H3;3*2-3H,1H3,(H,6,8,9);3*1H4. The van der Waals surface area contributed by atoms with Crippen LogP contribution >= 0.6 is 0 Å². The van der Waals surface area contributed by atoms with Gasteiger partial charge in [-0.1, -0.05) is 22.3 Å². The number of carbonyl (C=O) groups excluding carboxylic acids is 8. The fourth-order valence-electron chi connectivity index (χ4n) is 14.5. The molecular formula is C69H72N12O24. The summed E-state index contributed by atoms with van der Waals surface area (Å²) >= 11 is 0. The lowest BCUT2D eigenvalue weighted by atomic mass is 9.55. The third-order valence-corrected chi connectivity index (χ3v) is 19.5. The highest BCUT2D eigenvalue weighted by atomic mass is 16.6. The summed E-state index contributed by atoms with van der Waals surface area (Å²) in [7, 11) is 13.9. The van der Waals surface area contributed by atoms with E-state index in [9.17, 15) is 71.9 Å². The number of aromatic nitrogens is 6. The summed E-state index contributed by atoms with van der Waals surface area (Å²) in [6.07, 6.45) is 6.91. The number of aryl methyl sites for hydroxylation is 3. The van der Waals surface area contributed by atoms with Gasteiger partial charge >= 0.3 is 52.7 Å². The minimum atomic E-state index is -0.686. The quantitative estimate of drug-likeness (QED) is 0.0840. The van der Waals surface area contributed by atoms with E-state index in [-0.39, 0.29) is 91.2 Å². The van der Waals surface area contributed by atoms with Crippen molar-refractivity contribution in [2.45, 2.75) is 64.3 Å². The highest BCUT2D eigenvalue weighted by Crippen LogP contribution is 2.65. The molecule has 12 heterocycles. The lowest BCUT2D eigenvalue weighted by molar-refractivity contribution is -0.162. The van der Waals surface area contributed by atoms with Crippen molar-refractivity contribution in [1.82, 2.24) is 59.3 Å². The number of likely N-dealkylation sites (N-methyl/N-ethyl adjacent to an activating group) is 1. The smallest absolute Gasteiger partial charge is 0.336 e. The zero-order valence-corrected chi connectivity index (χ0v) is 55.1. The van der Waals surface area contributed by atoms with Crippen LogP contribution in [-0.2, 0) is 45.1 Å². The van der Waals surface area contributed by atoms with Gasteiger partial charge < -0.3 is 70.1 Å². The number of fused-ring (bicyclic) bond motifs is 21. The van der Waals surface area contributed by atoms with Crippen LogP contribution < -0.4 is 83.7 Å². The molecule has 12 atom stereocenters. The maximum Gasteiger partial charge on any atom is 0.336 e. The highest BCUT2D eigenvalue weighted by molar-refractivity contribution is 6.05. The van der Waals surface area contributed by atoms with Gasteiger partial charge in [0.25, 0.3) is 16.7 Å². The Morgan fingerprint density at radius 2 is 0.762 bits per heavy atom. The number of amides is 9.